The summed E-state index contributed by atoms with van der Waals surface area (Å²) in [5.41, 5.74) is 0.929. The lowest BCUT2D eigenvalue weighted by Gasteiger charge is -2.20. The normalized spacial score (nSPS) is 13.1. The molecule has 0 saturated heterocycles. The van der Waals surface area contributed by atoms with Gasteiger partial charge in [0.2, 0.25) is 0 Å². The van der Waals surface area contributed by atoms with Crippen molar-refractivity contribution in [2.45, 2.75) is 30.9 Å². The van der Waals surface area contributed by atoms with Gasteiger partial charge in [-0.15, -0.1) is 0 Å². The van der Waals surface area contributed by atoms with Crippen LogP contribution >= 0.6 is 0 Å². The molecule has 152 valence electrons. The van der Waals surface area contributed by atoms with Gasteiger partial charge in [0.05, 0.1) is 11.4 Å². The highest BCUT2D eigenvalue weighted by molar-refractivity contribution is 7.90. The summed E-state index contributed by atoms with van der Waals surface area (Å²) in [6.07, 6.45) is 1.78. The first-order valence-electron chi connectivity index (χ1n) is 8.97. The van der Waals surface area contributed by atoms with Gasteiger partial charge in [0, 0.05) is 25.9 Å². The number of benzene rings is 2. The molecule has 1 unspecified atom stereocenters. The standard InChI is InChI=1S/C20H26FN3O3S/c1-4-17(27-18-7-5-6-16(21)12-18)14-24-20(22-2)23-13-15-8-10-19(11-9-15)28(3,25)26/h5-12,17H,4,13-14H2,1-3H3,(H2,22,23,24). The van der Waals surface area contributed by atoms with E-state index in [0.29, 0.717) is 29.7 Å². The third-order valence-corrected chi connectivity index (χ3v) is 5.21. The second-order valence-corrected chi connectivity index (χ2v) is 8.34. The van der Waals surface area contributed by atoms with E-state index in [2.05, 4.69) is 15.6 Å². The van der Waals surface area contributed by atoms with Crippen LogP contribution in [-0.4, -0.2) is 40.3 Å². The van der Waals surface area contributed by atoms with Gasteiger partial charge in [0.25, 0.3) is 0 Å². The van der Waals surface area contributed by atoms with Gasteiger partial charge in [0.1, 0.15) is 17.7 Å². The minimum atomic E-state index is -3.20. The van der Waals surface area contributed by atoms with Crippen LogP contribution in [0.15, 0.2) is 58.4 Å². The number of ether oxygens (including phenoxy) is 1. The lowest BCUT2D eigenvalue weighted by molar-refractivity contribution is 0.199. The van der Waals surface area contributed by atoms with Crippen LogP contribution in [-0.2, 0) is 16.4 Å². The first-order valence-corrected chi connectivity index (χ1v) is 10.9. The summed E-state index contributed by atoms with van der Waals surface area (Å²) in [6.45, 7) is 2.98. The van der Waals surface area contributed by atoms with Crippen LogP contribution in [0.3, 0.4) is 0 Å². The van der Waals surface area contributed by atoms with Crippen LogP contribution in [0.4, 0.5) is 4.39 Å². The number of nitrogens with zero attached hydrogens (tertiary/aromatic N) is 1. The van der Waals surface area contributed by atoms with Crippen LogP contribution in [0.25, 0.3) is 0 Å². The van der Waals surface area contributed by atoms with Crippen LogP contribution in [0.5, 0.6) is 5.75 Å². The molecule has 28 heavy (non-hydrogen) atoms. The number of guanidine groups is 1. The molecule has 0 bridgehead atoms. The van der Waals surface area contributed by atoms with Crippen molar-refractivity contribution in [2.24, 2.45) is 4.99 Å². The lowest BCUT2D eigenvalue weighted by Crippen LogP contribution is -2.42. The number of hydrogen-bond acceptors (Lipinski definition) is 4. The molecule has 0 saturated carbocycles. The van der Waals surface area contributed by atoms with E-state index in [9.17, 15) is 12.8 Å². The Morgan fingerprint density at radius 3 is 2.46 bits per heavy atom. The van der Waals surface area contributed by atoms with Crippen molar-refractivity contribution >= 4 is 15.8 Å². The Morgan fingerprint density at radius 2 is 1.89 bits per heavy atom. The summed E-state index contributed by atoms with van der Waals surface area (Å²) in [4.78, 5) is 4.46. The smallest absolute Gasteiger partial charge is 0.191 e. The van der Waals surface area contributed by atoms with Crippen LogP contribution in [0, 0.1) is 5.82 Å². The number of hydrogen-bond donors (Lipinski definition) is 2. The zero-order chi connectivity index (χ0) is 20.6. The first-order chi connectivity index (χ1) is 13.3. The van der Waals surface area contributed by atoms with Crippen molar-refractivity contribution in [3.63, 3.8) is 0 Å². The number of nitrogens with one attached hydrogen (secondary N) is 2. The van der Waals surface area contributed by atoms with E-state index in [1.165, 1.54) is 18.4 Å². The summed E-state index contributed by atoms with van der Waals surface area (Å²) in [5.74, 6) is 0.746. The molecule has 0 aliphatic rings. The molecule has 0 amide bonds. The molecule has 0 aliphatic carbocycles. The maximum atomic E-state index is 13.3. The molecule has 0 heterocycles. The molecule has 2 N–H and O–H groups in total. The van der Waals surface area contributed by atoms with Crippen molar-refractivity contribution in [3.8, 4) is 5.75 Å². The first kappa shape index (κ1) is 21.7. The second kappa shape index (κ2) is 10.1. The van der Waals surface area contributed by atoms with E-state index in [0.717, 1.165) is 12.0 Å². The minimum absolute atomic E-state index is 0.144. The monoisotopic (exact) mass is 407 g/mol. The van der Waals surface area contributed by atoms with Crippen molar-refractivity contribution in [1.29, 1.82) is 0 Å². The second-order valence-electron chi connectivity index (χ2n) is 6.33. The molecule has 2 rings (SSSR count). The lowest BCUT2D eigenvalue weighted by atomic mass is 10.2. The largest absolute Gasteiger partial charge is 0.489 e. The highest BCUT2D eigenvalue weighted by atomic mass is 32.2. The van der Waals surface area contributed by atoms with Gasteiger partial charge in [-0.05, 0) is 36.2 Å². The molecule has 0 radical (unpaired) electrons. The highest BCUT2D eigenvalue weighted by Crippen LogP contribution is 2.15. The summed E-state index contributed by atoms with van der Waals surface area (Å²) >= 11 is 0. The van der Waals surface area contributed by atoms with Gasteiger partial charge in [-0.2, -0.15) is 0 Å². The Balaban J connectivity index is 1.86. The summed E-state index contributed by atoms with van der Waals surface area (Å²) < 4.78 is 42.1. The van der Waals surface area contributed by atoms with Gasteiger partial charge >= 0.3 is 0 Å². The van der Waals surface area contributed by atoms with Gasteiger partial charge in [-0.25, -0.2) is 12.8 Å². The predicted octanol–water partition coefficient (Wildman–Crippen LogP) is 2.75. The third-order valence-electron chi connectivity index (χ3n) is 4.09. The van der Waals surface area contributed by atoms with Crippen molar-refractivity contribution in [1.82, 2.24) is 10.6 Å². The number of rotatable bonds is 8. The van der Waals surface area contributed by atoms with Gasteiger partial charge in [-0.3, -0.25) is 4.99 Å². The molecular formula is C20H26FN3O3S. The van der Waals surface area contributed by atoms with E-state index in [4.69, 9.17) is 4.74 Å². The Bertz CT molecular complexity index is 899. The fourth-order valence-corrected chi connectivity index (χ4v) is 3.10. The van der Waals surface area contributed by atoms with Crippen molar-refractivity contribution in [3.05, 3.63) is 59.9 Å². The Hall–Kier alpha value is -2.61. The van der Waals surface area contributed by atoms with Crippen molar-refractivity contribution in [2.75, 3.05) is 19.8 Å². The Kier molecular flexibility index (Phi) is 7.80. The summed E-state index contributed by atoms with van der Waals surface area (Å²) in [5, 5.41) is 6.36. The van der Waals surface area contributed by atoms with E-state index >= 15 is 0 Å². The van der Waals surface area contributed by atoms with Crippen LogP contribution < -0.4 is 15.4 Å². The van der Waals surface area contributed by atoms with Gasteiger partial charge < -0.3 is 15.4 Å². The molecule has 6 nitrogen and oxygen atoms in total. The Morgan fingerprint density at radius 1 is 1.18 bits per heavy atom. The molecule has 2 aromatic rings. The molecule has 0 aliphatic heterocycles. The van der Waals surface area contributed by atoms with Crippen molar-refractivity contribution < 1.29 is 17.5 Å². The number of halogens is 1. The highest BCUT2D eigenvalue weighted by Gasteiger charge is 2.10. The maximum Gasteiger partial charge on any atom is 0.191 e. The SMILES string of the molecule is CCC(CNC(=NC)NCc1ccc(S(C)(=O)=O)cc1)Oc1cccc(F)c1. The maximum absolute atomic E-state index is 13.3. The van der Waals surface area contributed by atoms with Gasteiger partial charge in [-0.1, -0.05) is 25.1 Å². The average molecular weight is 408 g/mol. The zero-order valence-electron chi connectivity index (χ0n) is 16.3. The van der Waals surface area contributed by atoms with E-state index < -0.39 is 9.84 Å². The molecule has 1 atom stereocenters. The fourth-order valence-electron chi connectivity index (χ4n) is 2.47. The van der Waals surface area contributed by atoms with Gasteiger partial charge in [0.15, 0.2) is 15.8 Å². The molecule has 0 aromatic heterocycles. The van der Waals surface area contributed by atoms with Crippen LogP contribution in [0.1, 0.15) is 18.9 Å². The topological polar surface area (TPSA) is 79.8 Å². The quantitative estimate of drug-likeness (QED) is 0.520. The number of sulfone groups is 1. The Labute approximate surface area is 165 Å². The predicted molar refractivity (Wildman–Crippen MR) is 109 cm³/mol. The molecular weight excluding hydrogens is 381 g/mol. The van der Waals surface area contributed by atoms with Crippen LogP contribution in [0.2, 0.25) is 0 Å². The fraction of sp³-hybridized carbons (Fsp3) is 0.350. The molecule has 0 fully saturated rings. The third kappa shape index (κ3) is 6.84. The van der Waals surface area contributed by atoms with E-state index in [-0.39, 0.29) is 11.9 Å². The summed E-state index contributed by atoms with van der Waals surface area (Å²) in [7, 11) is -1.54. The summed E-state index contributed by atoms with van der Waals surface area (Å²) in [6, 6.07) is 12.8. The molecule has 0 spiro atoms. The number of aliphatic imine (C=N–C) groups is 1. The van der Waals surface area contributed by atoms with E-state index in [1.807, 2.05) is 6.92 Å². The minimum Gasteiger partial charge on any atom is -0.489 e. The van der Waals surface area contributed by atoms with E-state index in [1.54, 1.807) is 43.4 Å². The average Bonchev–Trinajstić information content (AvgIpc) is 2.66. The molecule has 8 heteroatoms. The molecule has 2 aromatic carbocycles. The zero-order valence-corrected chi connectivity index (χ0v) is 17.1.